The van der Waals surface area contributed by atoms with Crippen LogP contribution in [0.15, 0.2) is 30.3 Å². The minimum atomic E-state index is -0.281. The highest BCUT2D eigenvalue weighted by atomic mass is 79.9. The lowest BCUT2D eigenvalue weighted by atomic mass is 10.00. The van der Waals surface area contributed by atoms with Crippen LogP contribution >= 0.6 is 27.5 Å². The molecule has 2 rings (SSSR count). The zero-order valence-electron chi connectivity index (χ0n) is 11.9. The third-order valence-corrected chi connectivity index (χ3v) is 4.60. The summed E-state index contributed by atoms with van der Waals surface area (Å²) in [6.07, 6.45) is 0. The molecule has 0 aromatic heterocycles. The highest BCUT2D eigenvalue weighted by Crippen LogP contribution is 2.42. The molecular formula is C16H15BrClFO2. The summed E-state index contributed by atoms with van der Waals surface area (Å²) in [6, 6.07) is 8.17. The Morgan fingerprint density at radius 1 is 1.05 bits per heavy atom. The fraction of sp³-hybridized carbons (Fsp3) is 0.250. The number of halogens is 3. The predicted molar refractivity (Wildman–Crippen MR) is 86.5 cm³/mol. The van der Waals surface area contributed by atoms with Gasteiger partial charge >= 0.3 is 0 Å². The summed E-state index contributed by atoms with van der Waals surface area (Å²) in [5.74, 6) is 0.856. The summed E-state index contributed by atoms with van der Waals surface area (Å²) < 4.78 is 24.0. The Kier molecular flexibility index (Phi) is 5.12. The molecule has 5 heteroatoms. The summed E-state index contributed by atoms with van der Waals surface area (Å²) in [4.78, 5) is -0.236. The molecular weight excluding hydrogens is 359 g/mol. The standard InChI is InChI=1S/C16H15BrClFO2/c1-9-4-5-10(19)6-11(9)16(17)12-7-14(20-2)15(21-3)8-13(12)18/h4-8,16H,1-3H3. The zero-order valence-corrected chi connectivity index (χ0v) is 14.3. The molecule has 2 nitrogen and oxygen atoms in total. The molecule has 1 atom stereocenters. The van der Waals surface area contributed by atoms with Gasteiger partial charge in [-0.3, -0.25) is 0 Å². The maximum Gasteiger partial charge on any atom is 0.162 e. The van der Waals surface area contributed by atoms with Crippen molar-refractivity contribution in [2.45, 2.75) is 11.8 Å². The quantitative estimate of drug-likeness (QED) is 0.678. The van der Waals surface area contributed by atoms with E-state index < -0.39 is 0 Å². The van der Waals surface area contributed by atoms with Crippen LogP contribution in [-0.2, 0) is 0 Å². The Hall–Kier alpha value is -1.26. The first kappa shape index (κ1) is 16.1. The van der Waals surface area contributed by atoms with Crippen LogP contribution in [0.3, 0.4) is 0 Å². The minimum absolute atomic E-state index is 0.236. The molecule has 0 fully saturated rings. The van der Waals surface area contributed by atoms with E-state index in [1.54, 1.807) is 32.4 Å². The molecule has 1 unspecified atom stereocenters. The van der Waals surface area contributed by atoms with E-state index in [9.17, 15) is 4.39 Å². The number of methoxy groups -OCH3 is 2. The first-order valence-electron chi connectivity index (χ1n) is 6.29. The van der Waals surface area contributed by atoms with Crippen LogP contribution in [0.5, 0.6) is 11.5 Å². The number of rotatable bonds is 4. The van der Waals surface area contributed by atoms with Crippen LogP contribution in [-0.4, -0.2) is 14.2 Å². The van der Waals surface area contributed by atoms with Crippen molar-refractivity contribution in [3.63, 3.8) is 0 Å². The predicted octanol–water partition coefficient (Wildman–Crippen LogP) is 5.29. The van der Waals surface area contributed by atoms with Gasteiger partial charge in [-0.25, -0.2) is 4.39 Å². The molecule has 0 heterocycles. The van der Waals surface area contributed by atoms with Crippen LogP contribution in [0.1, 0.15) is 21.5 Å². The molecule has 0 aliphatic carbocycles. The molecule has 0 bridgehead atoms. The maximum atomic E-state index is 13.5. The van der Waals surface area contributed by atoms with Gasteiger partial charge < -0.3 is 9.47 Å². The monoisotopic (exact) mass is 372 g/mol. The van der Waals surface area contributed by atoms with Gasteiger partial charge in [-0.1, -0.05) is 33.6 Å². The highest BCUT2D eigenvalue weighted by molar-refractivity contribution is 9.09. The Morgan fingerprint density at radius 3 is 2.29 bits per heavy atom. The fourth-order valence-corrected chi connectivity index (χ4v) is 3.38. The Labute approximate surface area is 137 Å². The third-order valence-electron chi connectivity index (χ3n) is 3.29. The number of hydrogen-bond donors (Lipinski definition) is 0. The van der Waals surface area contributed by atoms with Gasteiger partial charge in [-0.15, -0.1) is 0 Å². The molecule has 0 amide bonds. The van der Waals surface area contributed by atoms with Crippen molar-refractivity contribution in [1.29, 1.82) is 0 Å². The summed E-state index contributed by atoms with van der Waals surface area (Å²) in [6.45, 7) is 1.93. The Bertz CT molecular complexity index is 661. The van der Waals surface area contributed by atoms with Crippen LogP contribution in [0, 0.1) is 12.7 Å². The first-order valence-corrected chi connectivity index (χ1v) is 7.58. The lowest BCUT2D eigenvalue weighted by Gasteiger charge is -2.17. The van der Waals surface area contributed by atoms with E-state index in [0.717, 1.165) is 16.7 Å². The van der Waals surface area contributed by atoms with Crippen molar-refractivity contribution in [2.75, 3.05) is 14.2 Å². The highest BCUT2D eigenvalue weighted by Gasteiger charge is 2.19. The number of benzene rings is 2. The van der Waals surface area contributed by atoms with Crippen molar-refractivity contribution in [3.05, 3.63) is 57.9 Å². The van der Waals surface area contributed by atoms with Crippen molar-refractivity contribution < 1.29 is 13.9 Å². The van der Waals surface area contributed by atoms with Crippen LogP contribution in [0.25, 0.3) is 0 Å². The molecule has 2 aromatic carbocycles. The van der Waals surface area contributed by atoms with Crippen molar-refractivity contribution in [3.8, 4) is 11.5 Å². The van der Waals surface area contributed by atoms with E-state index in [0.29, 0.717) is 16.5 Å². The maximum absolute atomic E-state index is 13.5. The largest absolute Gasteiger partial charge is 0.493 e. The first-order chi connectivity index (χ1) is 9.97. The van der Waals surface area contributed by atoms with E-state index in [-0.39, 0.29) is 10.6 Å². The second-order valence-electron chi connectivity index (χ2n) is 4.59. The van der Waals surface area contributed by atoms with E-state index in [1.807, 2.05) is 6.92 Å². The van der Waals surface area contributed by atoms with E-state index in [2.05, 4.69) is 15.9 Å². The SMILES string of the molecule is COc1cc(Cl)c(C(Br)c2cc(F)ccc2C)cc1OC. The summed E-state index contributed by atoms with van der Waals surface area (Å²) >= 11 is 9.91. The Morgan fingerprint density at radius 2 is 1.67 bits per heavy atom. The molecule has 0 saturated heterocycles. The number of ether oxygens (including phenoxy) is 2. The summed E-state index contributed by atoms with van der Waals surface area (Å²) in [5, 5.41) is 0.526. The summed E-state index contributed by atoms with van der Waals surface area (Å²) in [7, 11) is 3.11. The number of hydrogen-bond acceptors (Lipinski definition) is 2. The van der Waals surface area contributed by atoms with Crippen molar-refractivity contribution >= 4 is 27.5 Å². The average Bonchev–Trinajstić information content (AvgIpc) is 2.48. The molecule has 0 aliphatic heterocycles. The van der Waals surface area contributed by atoms with Gasteiger partial charge in [-0.2, -0.15) is 0 Å². The fourth-order valence-electron chi connectivity index (χ4n) is 2.12. The molecule has 0 spiro atoms. The third kappa shape index (κ3) is 3.33. The number of alkyl halides is 1. The molecule has 2 aromatic rings. The second-order valence-corrected chi connectivity index (χ2v) is 5.92. The average molecular weight is 374 g/mol. The van der Waals surface area contributed by atoms with Gasteiger partial charge in [0.15, 0.2) is 11.5 Å². The van der Waals surface area contributed by atoms with Gasteiger partial charge in [0.05, 0.1) is 19.0 Å². The van der Waals surface area contributed by atoms with Gasteiger partial charge in [0.2, 0.25) is 0 Å². The minimum Gasteiger partial charge on any atom is -0.493 e. The molecule has 21 heavy (non-hydrogen) atoms. The van der Waals surface area contributed by atoms with Gasteiger partial charge in [-0.05, 0) is 41.8 Å². The second kappa shape index (κ2) is 6.67. The van der Waals surface area contributed by atoms with Crippen molar-refractivity contribution in [1.82, 2.24) is 0 Å². The van der Waals surface area contributed by atoms with Crippen LogP contribution < -0.4 is 9.47 Å². The van der Waals surface area contributed by atoms with Gasteiger partial charge in [0, 0.05) is 11.1 Å². The molecule has 0 radical (unpaired) electrons. The summed E-state index contributed by atoms with van der Waals surface area (Å²) in [5.41, 5.74) is 2.59. The lowest BCUT2D eigenvalue weighted by Crippen LogP contribution is -2.00. The molecule has 0 N–H and O–H groups in total. The zero-order chi connectivity index (χ0) is 15.6. The van der Waals surface area contributed by atoms with Gasteiger partial charge in [0.1, 0.15) is 5.82 Å². The molecule has 112 valence electrons. The van der Waals surface area contributed by atoms with Crippen LogP contribution in [0.4, 0.5) is 4.39 Å². The normalized spacial score (nSPS) is 12.1. The smallest absolute Gasteiger partial charge is 0.162 e. The topological polar surface area (TPSA) is 18.5 Å². The van der Waals surface area contributed by atoms with Gasteiger partial charge in [0.25, 0.3) is 0 Å². The van der Waals surface area contributed by atoms with Crippen molar-refractivity contribution in [2.24, 2.45) is 0 Å². The van der Waals surface area contributed by atoms with E-state index >= 15 is 0 Å². The lowest BCUT2D eigenvalue weighted by molar-refractivity contribution is 0.354. The van der Waals surface area contributed by atoms with E-state index in [1.165, 1.54) is 12.1 Å². The Balaban J connectivity index is 2.52. The number of aryl methyl sites for hydroxylation is 1. The molecule has 0 saturated carbocycles. The van der Waals surface area contributed by atoms with Crippen LogP contribution in [0.2, 0.25) is 5.02 Å². The van der Waals surface area contributed by atoms with E-state index in [4.69, 9.17) is 21.1 Å². The molecule has 0 aliphatic rings.